The summed E-state index contributed by atoms with van der Waals surface area (Å²) in [5.41, 5.74) is 10.6. The van der Waals surface area contributed by atoms with Crippen LogP contribution in [0.3, 0.4) is 0 Å². The number of halogens is 2. The number of benzene rings is 1. The monoisotopic (exact) mass is 318 g/mol. The Kier molecular flexibility index (Phi) is 4.66. The highest BCUT2D eigenvalue weighted by molar-refractivity contribution is 8.00. The summed E-state index contributed by atoms with van der Waals surface area (Å²) in [6.07, 6.45) is 3.13. The maximum atomic E-state index is 11.4. The van der Waals surface area contributed by atoms with Gasteiger partial charge in [0.25, 0.3) is 0 Å². The zero-order chi connectivity index (χ0) is 14.0. The van der Waals surface area contributed by atoms with Crippen LogP contribution in [0.5, 0.6) is 0 Å². The SMILES string of the molecule is NC(=O)C1(N)CCCC(Sc2cc(Cl)ccc2Cl)C1. The van der Waals surface area contributed by atoms with Crippen molar-refractivity contribution in [1.82, 2.24) is 0 Å². The second-order valence-electron chi connectivity index (χ2n) is 4.93. The highest BCUT2D eigenvalue weighted by atomic mass is 35.5. The van der Waals surface area contributed by atoms with E-state index in [1.54, 1.807) is 23.9 Å². The third kappa shape index (κ3) is 3.57. The third-order valence-electron chi connectivity index (χ3n) is 3.42. The minimum absolute atomic E-state index is 0.238. The molecule has 19 heavy (non-hydrogen) atoms. The van der Waals surface area contributed by atoms with Gasteiger partial charge < -0.3 is 11.5 Å². The summed E-state index contributed by atoms with van der Waals surface area (Å²) < 4.78 is 0. The van der Waals surface area contributed by atoms with Crippen molar-refractivity contribution in [2.24, 2.45) is 11.5 Å². The summed E-state index contributed by atoms with van der Waals surface area (Å²) in [7, 11) is 0. The van der Waals surface area contributed by atoms with E-state index < -0.39 is 11.4 Å². The molecule has 4 N–H and O–H groups in total. The van der Waals surface area contributed by atoms with E-state index in [4.69, 9.17) is 34.7 Å². The molecule has 0 saturated heterocycles. The van der Waals surface area contributed by atoms with Gasteiger partial charge in [0.1, 0.15) is 0 Å². The lowest BCUT2D eigenvalue weighted by Gasteiger charge is -2.35. The van der Waals surface area contributed by atoms with E-state index in [-0.39, 0.29) is 5.25 Å². The van der Waals surface area contributed by atoms with E-state index in [9.17, 15) is 4.79 Å². The number of nitrogens with two attached hydrogens (primary N) is 2. The van der Waals surface area contributed by atoms with E-state index in [0.29, 0.717) is 22.9 Å². The minimum atomic E-state index is -0.888. The summed E-state index contributed by atoms with van der Waals surface area (Å²) in [5.74, 6) is -0.421. The number of carbonyl (C=O) groups is 1. The van der Waals surface area contributed by atoms with Crippen LogP contribution in [0.4, 0.5) is 0 Å². The van der Waals surface area contributed by atoms with Crippen molar-refractivity contribution in [2.45, 2.75) is 41.4 Å². The highest BCUT2D eigenvalue weighted by Gasteiger charge is 2.38. The summed E-state index contributed by atoms with van der Waals surface area (Å²) in [4.78, 5) is 12.4. The molecule has 1 aromatic carbocycles. The first-order valence-corrected chi connectivity index (χ1v) is 7.75. The molecule has 2 atom stereocenters. The Balaban J connectivity index is 2.11. The van der Waals surface area contributed by atoms with E-state index in [0.717, 1.165) is 17.7 Å². The van der Waals surface area contributed by atoms with Crippen LogP contribution in [0.25, 0.3) is 0 Å². The molecule has 1 saturated carbocycles. The van der Waals surface area contributed by atoms with Crippen molar-refractivity contribution in [2.75, 3.05) is 0 Å². The van der Waals surface area contributed by atoms with Gasteiger partial charge in [-0.15, -0.1) is 11.8 Å². The fourth-order valence-corrected chi connectivity index (χ4v) is 4.22. The highest BCUT2D eigenvalue weighted by Crippen LogP contribution is 2.40. The van der Waals surface area contributed by atoms with Crippen molar-refractivity contribution >= 4 is 40.9 Å². The van der Waals surface area contributed by atoms with Crippen molar-refractivity contribution in [3.05, 3.63) is 28.2 Å². The van der Waals surface area contributed by atoms with Crippen LogP contribution in [0.2, 0.25) is 10.0 Å². The van der Waals surface area contributed by atoms with Gasteiger partial charge in [0.2, 0.25) is 5.91 Å². The molecule has 0 heterocycles. The van der Waals surface area contributed by atoms with Crippen LogP contribution in [0.1, 0.15) is 25.7 Å². The van der Waals surface area contributed by atoms with Crippen LogP contribution in [0.15, 0.2) is 23.1 Å². The predicted octanol–water partition coefficient (Wildman–Crippen LogP) is 3.21. The van der Waals surface area contributed by atoms with Gasteiger partial charge in [-0.2, -0.15) is 0 Å². The van der Waals surface area contributed by atoms with E-state index in [1.165, 1.54) is 0 Å². The Labute approximate surface area is 127 Å². The normalized spacial score (nSPS) is 27.2. The summed E-state index contributed by atoms with van der Waals surface area (Å²) in [6.45, 7) is 0. The molecule has 2 rings (SSSR count). The van der Waals surface area contributed by atoms with Crippen LogP contribution in [0, 0.1) is 0 Å². The molecule has 104 valence electrons. The van der Waals surface area contributed by atoms with Gasteiger partial charge in [0, 0.05) is 15.2 Å². The number of hydrogen-bond donors (Lipinski definition) is 2. The number of primary amides is 1. The van der Waals surface area contributed by atoms with Crippen molar-refractivity contribution in [1.29, 1.82) is 0 Å². The number of rotatable bonds is 3. The second kappa shape index (κ2) is 5.92. The average molecular weight is 319 g/mol. The molecule has 0 bridgehead atoms. The second-order valence-corrected chi connectivity index (χ2v) is 7.12. The molecule has 0 aliphatic heterocycles. The van der Waals surface area contributed by atoms with Gasteiger partial charge in [-0.05, 0) is 43.9 Å². The Morgan fingerprint density at radius 3 is 2.84 bits per heavy atom. The zero-order valence-electron chi connectivity index (χ0n) is 10.4. The Bertz CT molecular complexity index is 498. The predicted molar refractivity (Wildman–Crippen MR) is 80.7 cm³/mol. The lowest BCUT2D eigenvalue weighted by Crippen LogP contribution is -2.55. The van der Waals surface area contributed by atoms with Gasteiger partial charge in [-0.1, -0.05) is 23.2 Å². The van der Waals surface area contributed by atoms with E-state index >= 15 is 0 Å². The quantitative estimate of drug-likeness (QED) is 0.899. The average Bonchev–Trinajstić information content (AvgIpc) is 2.34. The van der Waals surface area contributed by atoms with Crippen molar-refractivity contribution < 1.29 is 4.79 Å². The topological polar surface area (TPSA) is 69.1 Å². The van der Waals surface area contributed by atoms with Gasteiger partial charge in [-0.25, -0.2) is 0 Å². The Morgan fingerprint density at radius 2 is 2.16 bits per heavy atom. The molecular weight excluding hydrogens is 303 g/mol. The molecular formula is C13H16Cl2N2OS. The van der Waals surface area contributed by atoms with Crippen molar-refractivity contribution in [3.8, 4) is 0 Å². The molecule has 0 radical (unpaired) electrons. The first-order valence-electron chi connectivity index (χ1n) is 6.11. The first kappa shape index (κ1) is 15.0. The fraction of sp³-hybridized carbons (Fsp3) is 0.462. The summed E-state index contributed by atoms with van der Waals surface area (Å²) in [6, 6.07) is 5.37. The minimum Gasteiger partial charge on any atom is -0.368 e. The number of thioether (sulfide) groups is 1. The van der Waals surface area contributed by atoms with Crippen LogP contribution in [-0.4, -0.2) is 16.7 Å². The van der Waals surface area contributed by atoms with Crippen molar-refractivity contribution in [3.63, 3.8) is 0 Å². The third-order valence-corrected chi connectivity index (χ3v) is 5.42. The number of amides is 1. The molecule has 0 spiro atoms. The Hall–Kier alpha value is -0.420. The lowest BCUT2D eigenvalue weighted by molar-refractivity contribution is -0.124. The number of hydrogen-bond acceptors (Lipinski definition) is 3. The largest absolute Gasteiger partial charge is 0.368 e. The smallest absolute Gasteiger partial charge is 0.237 e. The van der Waals surface area contributed by atoms with Gasteiger partial charge in [0.05, 0.1) is 10.6 Å². The molecule has 6 heteroatoms. The molecule has 1 aliphatic rings. The fourth-order valence-electron chi connectivity index (χ4n) is 2.33. The van der Waals surface area contributed by atoms with Gasteiger partial charge in [0.15, 0.2) is 0 Å². The van der Waals surface area contributed by atoms with E-state index in [2.05, 4.69) is 0 Å². The molecule has 1 aliphatic carbocycles. The molecule has 1 amide bonds. The first-order chi connectivity index (χ1) is 8.90. The standard InChI is InChI=1S/C13H16Cl2N2OS/c14-8-3-4-10(15)11(6-8)19-9-2-1-5-13(17,7-9)12(16)18/h3-4,6,9H,1-2,5,7,17H2,(H2,16,18). The molecule has 1 aromatic rings. The number of carbonyl (C=O) groups excluding carboxylic acids is 1. The molecule has 1 fully saturated rings. The van der Waals surface area contributed by atoms with Crippen LogP contribution >= 0.6 is 35.0 Å². The van der Waals surface area contributed by atoms with E-state index in [1.807, 2.05) is 6.07 Å². The zero-order valence-corrected chi connectivity index (χ0v) is 12.7. The molecule has 0 aromatic heterocycles. The maximum Gasteiger partial charge on any atom is 0.237 e. The maximum absolute atomic E-state index is 11.4. The molecule has 3 nitrogen and oxygen atoms in total. The lowest BCUT2D eigenvalue weighted by atomic mass is 9.82. The van der Waals surface area contributed by atoms with Crippen LogP contribution < -0.4 is 11.5 Å². The summed E-state index contributed by atoms with van der Waals surface area (Å²) >= 11 is 13.7. The van der Waals surface area contributed by atoms with Gasteiger partial charge >= 0.3 is 0 Å². The van der Waals surface area contributed by atoms with Gasteiger partial charge in [-0.3, -0.25) is 4.79 Å². The molecule has 2 unspecified atom stereocenters. The Morgan fingerprint density at radius 1 is 1.42 bits per heavy atom. The van der Waals surface area contributed by atoms with Crippen LogP contribution in [-0.2, 0) is 4.79 Å². The summed E-state index contributed by atoms with van der Waals surface area (Å²) in [5, 5.41) is 1.56.